The molecule has 0 aliphatic carbocycles. The topological polar surface area (TPSA) is 60.2 Å². The average Bonchev–Trinajstić information content (AvgIpc) is 3.18. The van der Waals surface area contributed by atoms with Crippen molar-refractivity contribution >= 4 is 11.6 Å². The van der Waals surface area contributed by atoms with Gasteiger partial charge in [0.1, 0.15) is 0 Å². The van der Waals surface area contributed by atoms with E-state index >= 15 is 0 Å². The first-order valence-electron chi connectivity index (χ1n) is 8.59. The zero-order valence-corrected chi connectivity index (χ0v) is 14.1. The molecule has 2 saturated heterocycles. The number of nitrogens with zero attached hydrogens (tertiary/aromatic N) is 4. The van der Waals surface area contributed by atoms with E-state index in [9.17, 15) is 4.79 Å². The molecule has 0 unspecified atom stereocenters. The molecule has 2 aliphatic rings. The van der Waals surface area contributed by atoms with Crippen molar-refractivity contribution in [2.45, 2.75) is 19.4 Å². The first-order chi connectivity index (χ1) is 12.2. The number of hydrogen-bond donors (Lipinski definition) is 0. The molecule has 1 atom stereocenters. The van der Waals surface area contributed by atoms with Crippen molar-refractivity contribution < 1.29 is 4.79 Å². The van der Waals surface area contributed by atoms with Gasteiger partial charge in [0, 0.05) is 49.6 Å². The Labute approximate surface area is 147 Å². The van der Waals surface area contributed by atoms with Crippen molar-refractivity contribution in [3.63, 3.8) is 0 Å². The van der Waals surface area contributed by atoms with Gasteiger partial charge in [-0.2, -0.15) is 5.26 Å². The number of carbonyl (C=O) groups is 1. The maximum atomic E-state index is 12.6. The summed E-state index contributed by atoms with van der Waals surface area (Å²) in [6, 6.07) is 13.5. The maximum Gasteiger partial charge on any atom is 0.227 e. The number of hydrogen-bond acceptors (Lipinski definition) is 4. The predicted octanol–water partition coefficient (Wildman–Crippen LogP) is 2.58. The quantitative estimate of drug-likeness (QED) is 0.867. The highest BCUT2D eigenvalue weighted by Crippen LogP contribution is 2.42. The minimum atomic E-state index is 0.0536. The van der Waals surface area contributed by atoms with E-state index in [1.807, 2.05) is 41.6 Å². The van der Waals surface area contributed by atoms with Crippen LogP contribution in [-0.4, -0.2) is 35.4 Å². The van der Waals surface area contributed by atoms with Gasteiger partial charge in [-0.25, -0.2) is 0 Å². The number of pyridine rings is 1. The molecule has 1 spiro atoms. The number of amides is 1. The van der Waals surface area contributed by atoms with Crippen LogP contribution in [0.25, 0.3) is 0 Å². The van der Waals surface area contributed by atoms with Crippen LogP contribution >= 0.6 is 0 Å². The van der Waals surface area contributed by atoms with Crippen LogP contribution in [0.1, 0.15) is 24.0 Å². The molecule has 5 nitrogen and oxygen atoms in total. The summed E-state index contributed by atoms with van der Waals surface area (Å²) in [5.74, 6) is 0.190. The van der Waals surface area contributed by atoms with Crippen molar-refractivity contribution in [1.29, 1.82) is 5.26 Å². The standard InChI is InChI=1S/C20H20N4O/c21-12-16-1-3-18(4-2-16)24-15-20(11-19(24)25)7-10-23(14-20)13-17-5-8-22-9-6-17/h1-6,8-9H,7,10-11,13-15H2/t20-/m0/s1. The van der Waals surface area contributed by atoms with Crippen molar-refractivity contribution in [2.75, 3.05) is 24.5 Å². The van der Waals surface area contributed by atoms with Gasteiger partial charge >= 0.3 is 0 Å². The van der Waals surface area contributed by atoms with Crippen LogP contribution in [0.2, 0.25) is 0 Å². The summed E-state index contributed by atoms with van der Waals surface area (Å²) in [4.78, 5) is 21.0. The van der Waals surface area contributed by atoms with E-state index in [-0.39, 0.29) is 11.3 Å². The summed E-state index contributed by atoms with van der Waals surface area (Å²) in [6.07, 6.45) is 5.32. The van der Waals surface area contributed by atoms with Gasteiger partial charge in [0.15, 0.2) is 0 Å². The Balaban J connectivity index is 1.45. The Bertz CT molecular complexity index is 812. The van der Waals surface area contributed by atoms with Crippen LogP contribution in [0.5, 0.6) is 0 Å². The van der Waals surface area contributed by atoms with Crippen molar-refractivity contribution in [2.24, 2.45) is 5.41 Å². The van der Waals surface area contributed by atoms with Crippen LogP contribution in [0.3, 0.4) is 0 Å². The normalized spacial score (nSPS) is 23.3. The molecule has 5 heteroatoms. The van der Waals surface area contributed by atoms with E-state index in [1.165, 1.54) is 5.56 Å². The lowest BCUT2D eigenvalue weighted by atomic mass is 9.86. The molecular formula is C20H20N4O. The third-order valence-corrected chi connectivity index (χ3v) is 5.30. The molecule has 1 aromatic carbocycles. The van der Waals surface area contributed by atoms with Crippen molar-refractivity contribution in [1.82, 2.24) is 9.88 Å². The fraction of sp³-hybridized carbons (Fsp3) is 0.350. The number of rotatable bonds is 3. The molecule has 1 amide bonds. The first-order valence-corrected chi connectivity index (χ1v) is 8.59. The van der Waals surface area contributed by atoms with Gasteiger partial charge in [-0.3, -0.25) is 14.7 Å². The molecule has 0 N–H and O–H groups in total. The van der Waals surface area contributed by atoms with E-state index in [1.54, 1.807) is 12.1 Å². The first kappa shape index (κ1) is 15.8. The van der Waals surface area contributed by atoms with E-state index in [4.69, 9.17) is 5.26 Å². The van der Waals surface area contributed by atoms with Gasteiger partial charge in [0.25, 0.3) is 0 Å². The second kappa shape index (κ2) is 6.30. The number of aromatic nitrogens is 1. The number of carbonyl (C=O) groups excluding carboxylic acids is 1. The summed E-state index contributed by atoms with van der Waals surface area (Å²) < 4.78 is 0. The molecule has 1 aromatic heterocycles. The Morgan fingerprint density at radius 1 is 1.12 bits per heavy atom. The van der Waals surface area contributed by atoms with Crippen LogP contribution in [0.15, 0.2) is 48.8 Å². The summed E-state index contributed by atoms with van der Waals surface area (Å²) in [5, 5.41) is 8.92. The summed E-state index contributed by atoms with van der Waals surface area (Å²) in [6.45, 7) is 3.66. The van der Waals surface area contributed by atoms with Crippen LogP contribution in [0.4, 0.5) is 5.69 Å². The van der Waals surface area contributed by atoms with E-state index < -0.39 is 0 Å². The monoisotopic (exact) mass is 332 g/mol. The Morgan fingerprint density at radius 2 is 1.88 bits per heavy atom. The molecule has 3 heterocycles. The lowest BCUT2D eigenvalue weighted by Crippen LogP contribution is -2.31. The van der Waals surface area contributed by atoms with Crippen molar-refractivity contribution in [3.05, 3.63) is 59.9 Å². The molecule has 2 aromatic rings. The lowest BCUT2D eigenvalue weighted by molar-refractivity contribution is -0.117. The third-order valence-electron chi connectivity index (χ3n) is 5.30. The van der Waals surface area contributed by atoms with Crippen LogP contribution in [0, 0.1) is 16.7 Å². The lowest BCUT2D eigenvalue weighted by Gasteiger charge is -2.24. The molecule has 0 radical (unpaired) electrons. The van der Waals surface area contributed by atoms with Gasteiger partial charge in [0.2, 0.25) is 5.91 Å². The van der Waals surface area contributed by atoms with Gasteiger partial charge in [0.05, 0.1) is 11.6 Å². The second-order valence-electron chi connectivity index (χ2n) is 7.13. The SMILES string of the molecule is N#Cc1ccc(N2C[C@@]3(CCN(Cc4ccncc4)C3)CC2=O)cc1. The zero-order valence-electron chi connectivity index (χ0n) is 14.1. The molecule has 2 fully saturated rings. The third kappa shape index (κ3) is 3.13. The second-order valence-corrected chi connectivity index (χ2v) is 7.13. The highest BCUT2D eigenvalue weighted by atomic mass is 16.2. The predicted molar refractivity (Wildman–Crippen MR) is 94.7 cm³/mol. The summed E-state index contributed by atoms with van der Waals surface area (Å²) in [5.41, 5.74) is 2.83. The highest BCUT2D eigenvalue weighted by Gasteiger charge is 2.47. The molecule has 25 heavy (non-hydrogen) atoms. The fourth-order valence-electron chi connectivity index (χ4n) is 4.03. The smallest absolute Gasteiger partial charge is 0.227 e. The molecular weight excluding hydrogens is 312 g/mol. The Kier molecular flexibility index (Phi) is 3.98. The van der Waals surface area contributed by atoms with Crippen molar-refractivity contribution in [3.8, 4) is 6.07 Å². The summed E-state index contributed by atoms with van der Waals surface area (Å²) in [7, 11) is 0. The van der Waals surface area contributed by atoms with Gasteiger partial charge in [-0.05, 0) is 54.9 Å². The molecule has 2 aliphatic heterocycles. The minimum absolute atomic E-state index is 0.0536. The van der Waals surface area contributed by atoms with E-state index in [0.29, 0.717) is 12.0 Å². The Hall–Kier alpha value is -2.71. The number of likely N-dealkylation sites (tertiary alicyclic amines) is 1. The minimum Gasteiger partial charge on any atom is -0.312 e. The molecule has 4 rings (SSSR count). The zero-order chi connectivity index (χ0) is 17.3. The highest BCUT2D eigenvalue weighted by molar-refractivity contribution is 5.96. The van der Waals surface area contributed by atoms with E-state index in [0.717, 1.165) is 38.3 Å². The number of nitriles is 1. The molecule has 0 bridgehead atoms. The van der Waals surface area contributed by atoms with Gasteiger partial charge in [-0.1, -0.05) is 0 Å². The Morgan fingerprint density at radius 3 is 2.60 bits per heavy atom. The average molecular weight is 332 g/mol. The molecule has 126 valence electrons. The maximum absolute atomic E-state index is 12.6. The van der Waals surface area contributed by atoms with Crippen LogP contribution < -0.4 is 4.90 Å². The number of anilines is 1. The largest absolute Gasteiger partial charge is 0.312 e. The van der Waals surface area contributed by atoms with E-state index in [2.05, 4.69) is 16.0 Å². The van der Waals surface area contributed by atoms with Gasteiger partial charge in [-0.15, -0.1) is 0 Å². The van der Waals surface area contributed by atoms with Crippen LogP contribution in [-0.2, 0) is 11.3 Å². The van der Waals surface area contributed by atoms with Gasteiger partial charge < -0.3 is 4.90 Å². The fourth-order valence-corrected chi connectivity index (χ4v) is 4.03. The summed E-state index contributed by atoms with van der Waals surface area (Å²) >= 11 is 0. The molecule has 0 saturated carbocycles. The number of benzene rings is 1.